The highest BCUT2D eigenvalue weighted by Crippen LogP contribution is 2.49. The van der Waals surface area contributed by atoms with Crippen molar-refractivity contribution in [3.63, 3.8) is 0 Å². The summed E-state index contributed by atoms with van der Waals surface area (Å²) in [6.45, 7) is 6.10. The van der Waals surface area contributed by atoms with Gasteiger partial charge >= 0.3 is 18.3 Å². The molecule has 4 nitrogen and oxygen atoms in total. The lowest BCUT2D eigenvalue weighted by atomic mass is 9.87. The van der Waals surface area contributed by atoms with Crippen molar-refractivity contribution in [1.29, 1.82) is 0 Å². The van der Waals surface area contributed by atoms with Gasteiger partial charge in [-0.3, -0.25) is 0 Å². The highest BCUT2D eigenvalue weighted by atomic mass is 19.4. The van der Waals surface area contributed by atoms with Crippen LogP contribution in [0.1, 0.15) is 37.6 Å². The number of halogens is 8. The largest absolute Gasteiger partial charge is 0.459 e. The molecule has 180 valence electrons. The van der Waals surface area contributed by atoms with Gasteiger partial charge in [0.05, 0.1) is 6.20 Å². The molecular weight excluding hydrogens is 460 g/mol. The first-order valence-electron chi connectivity index (χ1n) is 9.65. The fourth-order valence-corrected chi connectivity index (χ4v) is 3.45. The highest BCUT2D eigenvalue weighted by Gasteiger charge is 2.64. The van der Waals surface area contributed by atoms with Crippen molar-refractivity contribution in [1.82, 2.24) is 19.6 Å². The zero-order chi connectivity index (χ0) is 25.0. The minimum atomic E-state index is -6.26. The van der Waals surface area contributed by atoms with E-state index in [1.54, 1.807) is 12.1 Å². The Hall–Kier alpha value is -2.92. The third-order valence-corrected chi connectivity index (χ3v) is 4.75. The molecule has 0 fully saturated rings. The number of hydrogen-bond donors (Lipinski definition) is 0. The molecule has 2 aromatic heterocycles. The molecule has 0 saturated heterocycles. The van der Waals surface area contributed by atoms with Gasteiger partial charge in [0.15, 0.2) is 11.5 Å². The summed E-state index contributed by atoms with van der Waals surface area (Å²) < 4.78 is 108. The molecule has 0 aliphatic carbocycles. The van der Waals surface area contributed by atoms with Gasteiger partial charge in [0.25, 0.3) is 0 Å². The Morgan fingerprint density at radius 3 is 2.09 bits per heavy atom. The molecule has 0 bridgehead atoms. The van der Waals surface area contributed by atoms with Crippen LogP contribution < -0.4 is 0 Å². The minimum Gasteiger partial charge on any atom is -0.250 e. The first-order chi connectivity index (χ1) is 14.9. The third-order valence-electron chi connectivity index (χ3n) is 4.75. The average Bonchev–Trinajstić information content (AvgIpc) is 3.23. The molecule has 0 amide bonds. The molecule has 0 N–H and O–H groups in total. The summed E-state index contributed by atoms with van der Waals surface area (Å²) in [6, 6.07) is 7.13. The summed E-state index contributed by atoms with van der Waals surface area (Å²) in [5, 5.41) is 6.68. The molecule has 0 radical (unpaired) electrons. The number of benzene rings is 1. The van der Waals surface area contributed by atoms with Gasteiger partial charge in [-0.1, -0.05) is 45.0 Å². The summed E-state index contributed by atoms with van der Waals surface area (Å²) in [7, 11) is 0.839. The van der Waals surface area contributed by atoms with Gasteiger partial charge in [0, 0.05) is 18.8 Å². The SMILES string of the molecule is Cn1nc(C(F)(F)C(F)(F)F)c(C(F)(F)F)c1-n1cc(-c2cccc(CC(C)(C)C)c2)cn1. The third kappa shape index (κ3) is 4.88. The van der Waals surface area contributed by atoms with Gasteiger partial charge < -0.3 is 0 Å². The van der Waals surface area contributed by atoms with E-state index in [1.165, 1.54) is 6.20 Å². The molecule has 3 aromatic rings. The fraction of sp³-hybridized carbons (Fsp3) is 0.429. The molecule has 3 rings (SSSR count). The number of hydrogen-bond acceptors (Lipinski definition) is 2. The number of aromatic nitrogens is 4. The standard InChI is InChI=1S/C21H20F8N4/c1-18(2,3)9-12-6-5-7-13(8-12)14-10-30-33(11-14)17-15(20(24,25)26)16(31-32(17)4)19(22,23)21(27,28)29/h5-8,10-11H,9H2,1-4H3. The predicted octanol–water partition coefficient (Wildman–Crippen LogP) is 6.53. The zero-order valence-corrected chi connectivity index (χ0v) is 18.0. The second-order valence-electron chi connectivity index (χ2n) is 8.85. The molecule has 0 saturated carbocycles. The molecule has 0 aliphatic rings. The number of rotatable bonds is 4. The van der Waals surface area contributed by atoms with Crippen molar-refractivity contribution in [3.8, 4) is 16.9 Å². The molecule has 0 unspecified atom stereocenters. The molecule has 0 aliphatic heterocycles. The van der Waals surface area contributed by atoms with Crippen LogP contribution in [0.15, 0.2) is 36.7 Å². The smallest absolute Gasteiger partial charge is 0.250 e. The van der Waals surface area contributed by atoms with Crippen LogP contribution in [0.5, 0.6) is 0 Å². The van der Waals surface area contributed by atoms with Crippen LogP contribution in [0.4, 0.5) is 35.1 Å². The molecule has 12 heteroatoms. The van der Waals surface area contributed by atoms with Crippen molar-refractivity contribution in [2.45, 2.75) is 45.5 Å². The normalized spacial score (nSPS) is 13.6. The van der Waals surface area contributed by atoms with Gasteiger partial charge in [0.2, 0.25) is 0 Å². The summed E-state index contributed by atoms with van der Waals surface area (Å²) in [4.78, 5) is 0. The lowest BCUT2D eigenvalue weighted by molar-refractivity contribution is -0.292. The molecule has 0 spiro atoms. The van der Waals surface area contributed by atoms with E-state index in [2.05, 4.69) is 10.2 Å². The highest BCUT2D eigenvalue weighted by molar-refractivity contribution is 5.63. The first kappa shape index (κ1) is 24.7. The Kier molecular flexibility index (Phi) is 5.87. The van der Waals surface area contributed by atoms with E-state index < -0.39 is 35.4 Å². The van der Waals surface area contributed by atoms with E-state index >= 15 is 0 Å². The topological polar surface area (TPSA) is 35.6 Å². The van der Waals surface area contributed by atoms with E-state index in [4.69, 9.17) is 0 Å². The lowest BCUT2D eigenvalue weighted by Gasteiger charge is -2.19. The van der Waals surface area contributed by atoms with Crippen LogP contribution in [0, 0.1) is 5.41 Å². The van der Waals surface area contributed by atoms with E-state index in [0.29, 0.717) is 26.9 Å². The zero-order valence-electron chi connectivity index (χ0n) is 18.0. The summed E-state index contributed by atoms with van der Waals surface area (Å²) in [5.41, 5.74) is -2.76. The Morgan fingerprint density at radius 2 is 1.55 bits per heavy atom. The minimum absolute atomic E-state index is 0.0285. The van der Waals surface area contributed by atoms with Crippen LogP contribution in [-0.2, 0) is 25.6 Å². The number of aryl methyl sites for hydroxylation is 1. The molecule has 33 heavy (non-hydrogen) atoms. The van der Waals surface area contributed by atoms with Crippen molar-refractivity contribution in [2.24, 2.45) is 12.5 Å². The second kappa shape index (κ2) is 7.84. The van der Waals surface area contributed by atoms with Gasteiger partial charge in [-0.25, -0.2) is 9.36 Å². The molecule has 1 aromatic carbocycles. The van der Waals surface area contributed by atoms with Crippen LogP contribution >= 0.6 is 0 Å². The van der Waals surface area contributed by atoms with E-state index in [9.17, 15) is 35.1 Å². The van der Waals surface area contributed by atoms with Crippen molar-refractivity contribution < 1.29 is 35.1 Å². The molecule has 0 atom stereocenters. The van der Waals surface area contributed by atoms with Crippen LogP contribution in [0.25, 0.3) is 16.9 Å². The molecular formula is C21H20F8N4. The first-order valence-corrected chi connectivity index (χ1v) is 9.65. The summed E-state index contributed by atoms with van der Waals surface area (Å²) in [6.07, 6.45) is -8.78. The van der Waals surface area contributed by atoms with Crippen LogP contribution in [0.2, 0.25) is 0 Å². The van der Waals surface area contributed by atoms with E-state index in [0.717, 1.165) is 18.8 Å². The van der Waals surface area contributed by atoms with Gasteiger partial charge in [-0.15, -0.1) is 0 Å². The fourth-order valence-electron chi connectivity index (χ4n) is 3.45. The second-order valence-corrected chi connectivity index (χ2v) is 8.85. The Balaban J connectivity index is 2.13. The van der Waals surface area contributed by atoms with Gasteiger partial charge in [-0.05, 0) is 23.0 Å². The van der Waals surface area contributed by atoms with E-state index in [-0.39, 0.29) is 5.41 Å². The maximum absolute atomic E-state index is 13.9. The predicted molar refractivity (Wildman–Crippen MR) is 104 cm³/mol. The van der Waals surface area contributed by atoms with Crippen molar-refractivity contribution >= 4 is 0 Å². The van der Waals surface area contributed by atoms with Crippen molar-refractivity contribution in [3.05, 3.63) is 53.5 Å². The Morgan fingerprint density at radius 1 is 0.909 bits per heavy atom. The molecule has 2 heterocycles. The maximum atomic E-state index is 13.9. The Labute approximate surface area is 183 Å². The Bertz CT molecular complexity index is 1150. The monoisotopic (exact) mass is 480 g/mol. The number of alkyl halides is 8. The maximum Gasteiger partial charge on any atom is 0.459 e. The van der Waals surface area contributed by atoms with Crippen LogP contribution in [-0.4, -0.2) is 25.7 Å². The lowest BCUT2D eigenvalue weighted by Crippen LogP contribution is -2.36. The van der Waals surface area contributed by atoms with Gasteiger partial charge in [0.1, 0.15) is 5.56 Å². The van der Waals surface area contributed by atoms with Crippen LogP contribution in [0.3, 0.4) is 0 Å². The quantitative estimate of drug-likeness (QED) is 0.398. The van der Waals surface area contributed by atoms with E-state index in [1.807, 2.05) is 32.9 Å². The van der Waals surface area contributed by atoms with Crippen molar-refractivity contribution in [2.75, 3.05) is 0 Å². The number of nitrogens with zero attached hydrogens (tertiary/aromatic N) is 4. The average molecular weight is 480 g/mol. The summed E-state index contributed by atoms with van der Waals surface area (Å²) in [5.74, 6) is -6.87. The van der Waals surface area contributed by atoms with Gasteiger partial charge in [-0.2, -0.15) is 45.3 Å². The summed E-state index contributed by atoms with van der Waals surface area (Å²) >= 11 is 0.